The number of thioether (sulfide) groups is 1. The third kappa shape index (κ3) is 4.22. The van der Waals surface area contributed by atoms with Crippen molar-refractivity contribution >= 4 is 28.6 Å². The van der Waals surface area contributed by atoms with E-state index in [1.807, 2.05) is 57.2 Å². The third-order valence-corrected chi connectivity index (χ3v) is 5.18. The molecule has 27 heavy (non-hydrogen) atoms. The van der Waals surface area contributed by atoms with Gasteiger partial charge in [0.25, 0.3) is 5.56 Å². The summed E-state index contributed by atoms with van der Waals surface area (Å²) in [6.07, 6.45) is 0.887. The van der Waals surface area contributed by atoms with Gasteiger partial charge in [-0.05, 0) is 44.0 Å². The van der Waals surface area contributed by atoms with Gasteiger partial charge in [0.05, 0.1) is 22.3 Å². The first-order valence-corrected chi connectivity index (χ1v) is 9.98. The molecular formula is C21H23N3O2S. The lowest BCUT2D eigenvalue weighted by molar-refractivity contribution is -0.118. The van der Waals surface area contributed by atoms with E-state index < -0.39 is 0 Å². The minimum Gasteiger partial charge on any atom is -0.355 e. The lowest BCUT2D eigenvalue weighted by atomic mass is 10.1. The summed E-state index contributed by atoms with van der Waals surface area (Å²) in [4.78, 5) is 29.9. The molecule has 0 aliphatic carbocycles. The maximum Gasteiger partial charge on any atom is 0.266 e. The lowest BCUT2D eigenvalue weighted by Gasteiger charge is -2.15. The van der Waals surface area contributed by atoms with Crippen molar-refractivity contribution in [3.05, 3.63) is 63.9 Å². The smallest absolute Gasteiger partial charge is 0.266 e. The van der Waals surface area contributed by atoms with Crippen LogP contribution in [0, 0.1) is 13.8 Å². The Kier molecular flexibility index (Phi) is 5.96. The van der Waals surface area contributed by atoms with Crippen LogP contribution in [0.15, 0.2) is 52.4 Å². The normalized spacial score (nSPS) is 10.9. The number of nitrogens with zero attached hydrogens (tertiary/aromatic N) is 2. The Morgan fingerprint density at radius 2 is 1.96 bits per heavy atom. The summed E-state index contributed by atoms with van der Waals surface area (Å²) in [5.41, 5.74) is 3.43. The van der Waals surface area contributed by atoms with Crippen molar-refractivity contribution in [3.8, 4) is 5.69 Å². The number of nitrogens with one attached hydrogen (secondary N) is 1. The van der Waals surface area contributed by atoms with E-state index in [9.17, 15) is 9.59 Å². The Bertz CT molecular complexity index is 1040. The van der Waals surface area contributed by atoms with Gasteiger partial charge < -0.3 is 5.32 Å². The Labute approximate surface area is 162 Å². The molecule has 140 valence electrons. The highest BCUT2D eigenvalue weighted by molar-refractivity contribution is 7.99. The average molecular weight is 382 g/mol. The Balaban J connectivity index is 2.10. The molecule has 0 fully saturated rings. The van der Waals surface area contributed by atoms with E-state index in [0.717, 1.165) is 23.2 Å². The van der Waals surface area contributed by atoms with Crippen LogP contribution in [-0.2, 0) is 4.79 Å². The number of para-hydroxylation sites is 1. The number of carbonyl (C=O) groups excluding carboxylic acids is 1. The van der Waals surface area contributed by atoms with Crippen molar-refractivity contribution in [1.29, 1.82) is 0 Å². The predicted molar refractivity (Wildman–Crippen MR) is 111 cm³/mol. The van der Waals surface area contributed by atoms with E-state index in [-0.39, 0.29) is 17.2 Å². The number of fused-ring (bicyclic) bond motifs is 1. The van der Waals surface area contributed by atoms with E-state index in [1.54, 1.807) is 10.6 Å². The van der Waals surface area contributed by atoms with E-state index in [4.69, 9.17) is 0 Å². The lowest BCUT2D eigenvalue weighted by Crippen LogP contribution is -2.27. The summed E-state index contributed by atoms with van der Waals surface area (Å²) in [5.74, 6) is 0.159. The van der Waals surface area contributed by atoms with Gasteiger partial charge in [0.2, 0.25) is 5.91 Å². The van der Waals surface area contributed by atoms with Crippen molar-refractivity contribution in [3.63, 3.8) is 0 Å². The summed E-state index contributed by atoms with van der Waals surface area (Å²) >= 11 is 1.28. The van der Waals surface area contributed by atoms with Crippen LogP contribution >= 0.6 is 11.8 Å². The molecule has 5 nitrogen and oxygen atoms in total. The maximum absolute atomic E-state index is 13.2. The van der Waals surface area contributed by atoms with Gasteiger partial charge in [0.15, 0.2) is 5.16 Å². The zero-order valence-electron chi connectivity index (χ0n) is 15.8. The summed E-state index contributed by atoms with van der Waals surface area (Å²) in [6, 6.07) is 13.3. The Hall–Kier alpha value is -2.60. The van der Waals surface area contributed by atoms with E-state index in [1.165, 1.54) is 11.8 Å². The molecule has 0 saturated heterocycles. The quantitative estimate of drug-likeness (QED) is 0.523. The molecule has 0 bridgehead atoms. The van der Waals surface area contributed by atoms with E-state index >= 15 is 0 Å². The summed E-state index contributed by atoms with van der Waals surface area (Å²) < 4.78 is 1.62. The van der Waals surface area contributed by atoms with Gasteiger partial charge in [0.1, 0.15) is 0 Å². The number of rotatable bonds is 6. The van der Waals surface area contributed by atoms with Gasteiger partial charge in [0, 0.05) is 6.54 Å². The fourth-order valence-corrected chi connectivity index (χ4v) is 3.76. The van der Waals surface area contributed by atoms with Crippen LogP contribution in [0.3, 0.4) is 0 Å². The number of aryl methyl sites for hydroxylation is 2. The number of aromatic nitrogens is 2. The van der Waals surface area contributed by atoms with Crippen LogP contribution in [0.25, 0.3) is 16.6 Å². The zero-order valence-corrected chi connectivity index (χ0v) is 16.6. The fourth-order valence-electron chi connectivity index (χ4n) is 2.92. The molecule has 0 aliphatic rings. The van der Waals surface area contributed by atoms with Crippen molar-refractivity contribution < 1.29 is 4.79 Å². The van der Waals surface area contributed by atoms with E-state index in [2.05, 4.69) is 10.3 Å². The molecule has 0 saturated carbocycles. The Morgan fingerprint density at radius 3 is 2.70 bits per heavy atom. The fraction of sp³-hybridized carbons (Fsp3) is 0.286. The standard InChI is InChI=1S/C21H23N3O2S/c1-4-11-22-19(25)13-27-21-23-17-8-6-5-7-16(17)20(26)24(21)18-10-9-14(2)12-15(18)3/h5-10,12H,4,11,13H2,1-3H3,(H,22,25). The number of carbonyl (C=O) groups is 1. The summed E-state index contributed by atoms with van der Waals surface area (Å²) in [7, 11) is 0. The molecule has 1 N–H and O–H groups in total. The van der Waals surface area contributed by atoms with Crippen molar-refractivity contribution in [2.24, 2.45) is 0 Å². The zero-order chi connectivity index (χ0) is 19.4. The molecule has 3 rings (SSSR count). The molecule has 6 heteroatoms. The topological polar surface area (TPSA) is 64.0 Å². The van der Waals surface area contributed by atoms with E-state index in [0.29, 0.717) is 22.6 Å². The highest BCUT2D eigenvalue weighted by atomic mass is 32.2. The Morgan fingerprint density at radius 1 is 1.19 bits per heavy atom. The largest absolute Gasteiger partial charge is 0.355 e. The molecule has 0 atom stereocenters. The second-order valence-corrected chi connectivity index (χ2v) is 7.42. The van der Waals surface area contributed by atoms with Gasteiger partial charge in [-0.1, -0.05) is 48.5 Å². The molecule has 0 radical (unpaired) electrons. The van der Waals surface area contributed by atoms with Gasteiger partial charge >= 0.3 is 0 Å². The second kappa shape index (κ2) is 8.39. The molecule has 0 unspecified atom stereocenters. The van der Waals surface area contributed by atoms with Crippen LogP contribution < -0.4 is 10.9 Å². The highest BCUT2D eigenvalue weighted by Crippen LogP contribution is 2.23. The first kappa shape index (κ1) is 19.2. The second-order valence-electron chi connectivity index (χ2n) is 6.48. The predicted octanol–water partition coefficient (Wildman–Crippen LogP) is 3.62. The summed E-state index contributed by atoms with van der Waals surface area (Å²) in [6.45, 7) is 6.66. The number of benzene rings is 2. The van der Waals surface area contributed by atoms with Gasteiger partial charge in [-0.25, -0.2) is 4.98 Å². The van der Waals surface area contributed by atoms with Crippen molar-refractivity contribution in [2.75, 3.05) is 12.3 Å². The summed E-state index contributed by atoms with van der Waals surface area (Å²) in [5, 5.41) is 3.95. The first-order valence-electron chi connectivity index (χ1n) is 9.00. The number of amides is 1. The average Bonchev–Trinajstić information content (AvgIpc) is 2.66. The molecule has 3 aromatic rings. The molecule has 1 amide bonds. The van der Waals surface area contributed by atoms with Crippen LogP contribution in [0.1, 0.15) is 24.5 Å². The molecular weight excluding hydrogens is 358 g/mol. The van der Waals surface area contributed by atoms with Crippen LogP contribution in [0.4, 0.5) is 0 Å². The maximum atomic E-state index is 13.2. The van der Waals surface area contributed by atoms with Crippen LogP contribution in [-0.4, -0.2) is 27.8 Å². The van der Waals surface area contributed by atoms with Crippen molar-refractivity contribution in [1.82, 2.24) is 14.9 Å². The molecule has 1 aromatic heterocycles. The first-order chi connectivity index (χ1) is 13.0. The monoisotopic (exact) mass is 381 g/mol. The molecule has 1 heterocycles. The van der Waals surface area contributed by atoms with Gasteiger partial charge in [-0.15, -0.1) is 0 Å². The molecule has 2 aromatic carbocycles. The third-order valence-electron chi connectivity index (χ3n) is 4.24. The highest BCUT2D eigenvalue weighted by Gasteiger charge is 2.16. The van der Waals surface area contributed by atoms with Gasteiger partial charge in [-0.3, -0.25) is 14.2 Å². The number of hydrogen-bond acceptors (Lipinski definition) is 4. The molecule has 0 spiro atoms. The van der Waals surface area contributed by atoms with Crippen LogP contribution in [0.5, 0.6) is 0 Å². The SMILES string of the molecule is CCCNC(=O)CSc1nc2ccccc2c(=O)n1-c1ccc(C)cc1C. The minimum absolute atomic E-state index is 0.0589. The minimum atomic E-state index is -0.121. The van der Waals surface area contributed by atoms with Crippen LogP contribution in [0.2, 0.25) is 0 Å². The number of hydrogen-bond donors (Lipinski definition) is 1. The van der Waals surface area contributed by atoms with Gasteiger partial charge in [-0.2, -0.15) is 0 Å². The van der Waals surface area contributed by atoms with Crippen molar-refractivity contribution in [2.45, 2.75) is 32.3 Å². The molecule has 0 aliphatic heterocycles.